The molecule has 3 rings (SSSR count). The van der Waals surface area contributed by atoms with E-state index in [0.29, 0.717) is 31.3 Å². The minimum atomic E-state index is -3.78. The van der Waals surface area contributed by atoms with Crippen LogP contribution in [0.3, 0.4) is 0 Å². The summed E-state index contributed by atoms with van der Waals surface area (Å²) in [6.45, 7) is 3.90. The van der Waals surface area contributed by atoms with E-state index in [9.17, 15) is 12.8 Å². The van der Waals surface area contributed by atoms with Crippen LogP contribution in [0.15, 0.2) is 53.4 Å². The fourth-order valence-electron chi connectivity index (χ4n) is 2.93. The number of nitrogens with zero attached hydrogens (tertiary/aromatic N) is 2. The summed E-state index contributed by atoms with van der Waals surface area (Å²) in [5.74, 6) is -0.472. The van der Waals surface area contributed by atoms with E-state index in [-0.39, 0.29) is 11.4 Å². The zero-order valence-corrected chi connectivity index (χ0v) is 16.4. The molecule has 0 unspecified atom stereocenters. The molecule has 0 atom stereocenters. The van der Waals surface area contributed by atoms with Crippen molar-refractivity contribution in [3.05, 3.63) is 64.9 Å². The molecule has 0 radical (unpaired) electrons. The Morgan fingerprint density at radius 1 is 1.07 bits per heavy atom. The maximum Gasteiger partial charge on any atom is 0.243 e. The Labute approximate surface area is 164 Å². The normalized spacial score (nSPS) is 16.0. The van der Waals surface area contributed by atoms with E-state index in [0.717, 1.165) is 30.8 Å². The first kappa shape index (κ1) is 20.2. The van der Waals surface area contributed by atoms with Crippen molar-refractivity contribution in [2.45, 2.75) is 11.4 Å². The van der Waals surface area contributed by atoms with Crippen molar-refractivity contribution in [1.82, 2.24) is 9.21 Å². The summed E-state index contributed by atoms with van der Waals surface area (Å²) in [7, 11) is -3.78. The number of hydrogen-bond acceptors (Lipinski definition) is 4. The summed E-state index contributed by atoms with van der Waals surface area (Å²) in [5.41, 5.74) is 0.729. The summed E-state index contributed by atoms with van der Waals surface area (Å²) < 4.78 is 46.3. The summed E-state index contributed by atoms with van der Waals surface area (Å²) in [5, 5.41) is 0.517. The number of hydrogen-bond donors (Lipinski definition) is 0. The monoisotopic (exact) mass is 412 g/mol. The van der Waals surface area contributed by atoms with Crippen LogP contribution in [0, 0.1) is 5.82 Å². The van der Waals surface area contributed by atoms with Crippen molar-refractivity contribution >= 4 is 21.6 Å². The maximum absolute atomic E-state index is 13.2. The first-order chi connectivity index (χ1) is 13.0. The molecule has 0 N–H and O–H groups in total. The number of rotatable bonds is 7. The Balaban J connectivity index is 1.83. The van der Waals surface area contributed by atoms with Gasteiger partial charge in [0, 0.05) is 37.7 Å². The maximum atomic E-state index is 13.2. The Kier molecular flexibility index (Phi) is 6.83. The van der Waals surface area contributed by atoms with Gasteiger partial charge in [-0.2, -0.15) is 4.31 Å². The molecule has 0 amide bonds. The van der Waals surface area contributed by atoms with Crippen LogP contribution < -0.4 is 0 Å². The topological polar surface area (TPSA) is 49.9 Å². The molecule has 5 nitrogen and oxygen atoms in total. The van der Waals surface area contributed by atoms with Crippen molar-refractivity contribution < 1.29 is 17.5 Å². The van der Waals surface area contributed by atoms with Gasteiger partial charge in [0.05, 0.1) is 18.1 Å². The highest BCUT2D eigenvalue weighted by atomic mass is 35.5. The SMILES string of the molecule is O=S(=O)(c1ccc(F)cc1)N(CCN1CCOCC1)Cc1ccccc1Cl. The average molecular weight is 413 g/mol. The van der Waals surface area contributed by atoms with Crippen LogP contribution in [0.4, 0.5) is 4.39 Å². The average Bonchev–Trinajstić information content (AvgIpc) is 2.67. The zero-order chi connectivity index (χ0) is 19.3. The molecule has 27 heavy (non-hydrogen) atoms. The molecule has 0 aromatic heterocycles. The minimum absolute atomic E-state index is 0.0675. The number of sulfonamides is 1. The lowest BCUT2D eigenvalue weighted by Crippen LogP contribution is -2.42. The smallest absolute Gasteiger partial charge is 0.243 e. The summed E-state index contributed by atoms with van der Waals surface area (Å²) in [4.78, 5) is 2.24. The third-order valence-electron chi connectivity index (χ3n) is 4.53. The molecule has 146 valence electrons. The van der Waals surface area contributed by atoms with Gasteiger partial charge in [0.1, 0.15) is 5.82 Å². The van der Waals surface area contributed by atoms with Gasteiger partial charge in [-0.1, -0.05) is 29.8 Å². The highest BCUT2D eigenvalue weighted by molar-refractivity contribution is 7.89. The molecule has 0 aliphatic carbocycles. The van der Waals surface area contributed by atoms with Gasteiger partial charge in [0.25, 0.3) is 0 Å². The largest absolute Gasteiger partial charge is 0.379 e. The molecule has 1 saturated heterocycles. The molecule has 1 aliphatic rings. The van der Waals surface area contributed by atoms with Crippen molar-refractivity contribution in [1.29, 1.82) is 0 Å². The van der Waals surface area contributed by atoms with Gasteiger partial charge in [0.15, 0.2) is 0 Å². The number of morpholine rings is 1. The summed E-state index contributed by atoms with van der Waals surface area (Å²) >= 11 is 6.24. The van der Waals surface area contributed by atoms with Gasteiger partial charge in [-0.15, -0.1) is 0 Å². The first-order valence-corrected chi connectivity index (χ1v) is 10.6. The van der Waals surface area contributed by atoms with E-state index in [1.165, 1.54) is 16.4 Å². The second-order valence-electron chi connectivity index (χ2n) is 6.34. The molecule has 1 heterocycles. The minimum Gasteiger partial charge on any atom is -0.379 e. The predicted octanol–water partition coefficient (Wildman–Crippen LogP) is 3.00. The molecule has 1 fully saturated rings. The summed E-state index contributed by atoms with van der Waals surface area (Å²) in [6.07, 6.45) is 0. The number of benzene rings is 2. The lowest BCUT2D eigenvalue weighted by atomic mass is 10.2. The Bertz CT molecular complexity index is 856. The molecule has 2 aromatic rings. The van der Waals surface area contributed by atoms with Gasteiger partial charge >= 0.3 is 0 Å². The fourth-order valence-corrected chi connectivity index (χ4v) is 4.54. The molecular formula is C19H22ClFN2O3S. The van der Waals surface area contributed by atoms with Crippen LogP contribution in [0.1, 0.15) is 5.56 Å². The van der Waals surface area contributed by atoms with E-state index < -0.39 is 15.8 Å². The standard InChI is InChI=1S/C19H22ClFN2O3S/c20-19-4-2-1-3-16(19)15-23(10-9-22-11-13-26-14-12-22)27(24,25)18-7-5-17(21)6-8-18/h1-8H,9-15H2. The van der Waals surface area contributed by atoms with E-state index >= 15 is 0 Å². The third kappa shape index (κ3) is 5.27. The van der Waals surface area contributed by atoms with Crippen molar-refractivity contribution in [3.8, 4) is 0 Å². The fraction of sp³-hybridized carbons (Fsp3) is 0.368. The van der Waals surface area contributed by atoms with Gasteiger partial charge < -0.3 is 4.74 Å². The second-order valence-corrected chi connectivity index (χ2v) is 8.68. The van der Waals surface area contributed by atoms with Crippen LogP contribution in [0.5, 0.6) is 0 Å². The molecule has 8 heteroatoms. The van der Waals surface area contributed by atoms with Crippen molar-refractivity contribution in [3.63, 3.8) is 0 Å². The molecular weight excluding hydrogens is 391 g/mol. The van der Waals surface area contributed by atoms with E-state index in [4.69, 9.17) is 16.3 Å². The zero-order valence-electron chi connectivity index (χ0n) is 14.9. The van der Waals surface area contributed by atoms with Crippen LogP contribution in [-0.2, 0) is 21.3 Å². The van der Waals surface area contributed by atoms with Gasteiger partial charge in [-0.25, -0.2) is 12.8 Å². The Morgan fingerprint density at radius 3 is 2.41 bits per heavy atom. The Morgan fingerprint density at radius 2 is 1.74 bits per heavy atom. The van der Waals surface area contributed by atoms with E-state index in [2.05, 4.69) is 4.90 Å². The highest BCUT2D eigenvalue weighted by Crippen LogP contribution is 2.22. The lowest BCUT2D eigenvalue weighted by Gasteiger charge is -2.30. The third-order valence-corrected chi connectivity index (χ3v) is 6.75. The van der Waals surface area contributed by atoms with Gasteiger partial charge in [-0.3, -0.25) is 4.90 Å². The molecule has 0 spiro atoms. The van der Waals surface area contributed by atoms with Crippen molar-refractivity contribution in [2.75, 3.05) is 39.4 Å². The number of halogens is 2. The van der Waals surface area contributed by atoms with E-state index in [1.807, 2.05) is 12.1 Å². The predicted molar refractivity (Wildman–Crippen MR) is 103 cm³/mol. The van der Waals surface area contributed by atoms with Crippen LogP contribution in [0.2, 0.25) is 5.02 Å². The number of ether oxygens (including phenoxy) is 1. The van der Waals surface area contributed by atoms with Crippen LogP contribution in [0.25, 0.3) is 0 Å². The molecule has 0 bridgehead atoms. The van der Waals surface area contributed by atoms with Crippen LogP contribution in [-0.4, -0.2) is 57.0 Å². The van der Waals surface area contributed by atoms with Gasteiger partial charge in [-0.05, 0) is 35.9 Å². The van der Waals surface area contributed by atoms with Crippen LogP contribution >= 0.6 is 11.6 Å². The van der Waals surface area contributed by atoms with E-state index in [1.54, 1.807) is 12.1 Å². The summed E-state index contributed by atoms with van der Waals surface area (Å²) in [6, 6.07) is 12.1. The lowest BCUT2D eigenvalue weighted by molar-refractivity contribution is 0.0361. The molecule has 0 saturated carbocycles. The highest BCUT2D eigenvalue weighted by Gasteiger charge is 2.26. The first-order valence-electron chi connectivity index (χ1n) is 8.76. The Hall–Kier alpha value is -1.51. The van der Waals surface area contributed by atoms with Gasteiger partial charge in [0.2, 0.25) is 10.0 Å². The second kappa shape index (κ2) is 9.12. The molecule has 1 aliphatic heterocycles. The quantitative estimate of drug-likeness (QED) is 0.701. The molecule has 2 aromatic carbocycles. The van der Waals surface area contributed by atoms with Crippen molar-refractivity contribution in [2.24, 2.45) is 0 Å².